The van der Waals surface area contributed by atoms with Crippen LogP contribution in [0.3, 0.4) is 0 Å². The maximum atomic E-state index is 13.0. The predicted molar refractivity (Wildman–Crippen MR) is 93.4 cm³/mol. The molecule has 0 bridgehead atoms. The van der Waals surface area contributed by atoms with Gasteiger partial charge in [0.25, 0.3) is 5.91 Å². The van der Waals surface area contributed by atoms with Crippen molar-refractivity contribution in [3.05, 3.63) is 53.7 Å². The quantitative estimate of drug-likeness (QED) is 0.849. The van der Waals surface area contributed by atoms with Gasteiger partial charge in [0.1, 0.15) is 6.10 Å². The van der Waals surface area contributed by atoms with Gasteiger partial charge in [-0.15, -0.1) is 0 Å². The summed E-state index contributed by atoms with van der Waals surface area (Å²) in [6, 6.07) is 10.6. The van der Waals surface area contributed by atoms with Gasteiger partial charge in [-0.3, -0.25) is 4.79 Å². The molecule has 2 saturated heterocycles. The summed E-state index contributed by atoms with van der Waals surface area (Å²) in [4.78, 5) is 19.1. The number of aromatic nitrogens is 1. The highest BCUT2D eigenvalue weighted by atomic mass is 16.5. The summed E-state index contributed by atoms with van der Waals surface area (Å²) < 4.78 is 11.2. The molecule has 1 amide bonds. The summed E-state index contributed by atoms with van der Waals surface area (Å²) in [5.41, 5.74) is 1.81. The number of nitrogens with zero attached hydrogens (tertiary/aromatic N) is 2. The Balaban J connectivity index is 1.46. The first-order chi connectivity index (χ1) is 12.3. The van der Waals surface area contributed by atoms with E-state index in [2.05, 4.69) is 29.2 Å². The van der Waals surface area contributed by atoms with Crippen LogP contribution in [0.15, 0.2) is 41.1 Å². The number of carbonyl (C=O) groups is 1. The van der Waals surface area contributed by atoms with Crippen molar-refractivity contribution in [1.82, 2.24) is 9.88 Å². The predicted octanol–water partition coefficient (Wildman–Crippen LogP) is 3.94. The van der Waals surface area contributed by atoms with Gasteiger partial charge in [0.2, 0.25) is 0 Å². The Morgan fingerprint density at radius 1 is 1.08 bits per heavy atom. The number of hydrogen-bond acceptors (Lipinski definition) is 4. The summed E-state index contributed by atoms with van der Waals surface area (Å²) in [6.45, 7) is 2.26. The minimum atomic E-state index is -0.120. The number of carbonyl (C=O) groups excluding carboxylic acids is 1. The lowest BCUT2D eigenvalue weighted by molar-refractivity contribution is 0.0719. The van der Waals surface area contributed by atoms with Crippen molar-refractivity contribution in [2.75, 3.05) is 19.7 Å². The van der Waals surface area contributed by atoms with Crippen LogP contribution in [0.2, 0.25) is 0 Å². The second-order valence-corrected chi connectivity index (χ2v) is 6.90. The Morgan fingerprint density at radius 3 is 2.76 bits per heavy atom. The van der Waals surface area contributed by atoms with Crippen molar-refractivity contribution in [3.8, 4) is 0 Å². The highest BCUT2D eigenvalue weighted by Crippen LogP contribution is 2.32. The first kappa shape index (κ1) is 16.3. The molecule has 25 heavy (non-hydrogen) atoms. The largest absolute Gasteiger partial charge is 0.445 e. The average Bonchev–Trinajstić information content (AvgIpc) is 3.28. The van der Waals surface area contributed by atoms with Crippen LogP contribution < -0.4 is 0 Å². The Kier molecular flexibility index (Phi) is 4.83. The molecule has 4 rings (SSSR count). The van der Waals surface area contributed by atoms with Crippen LogP contribution in [0.4, 0.5) is 0 Å². The number of ether oxygens (including phenoxy) is 1. The summed E-state index contributed by atoms with van der Waals surface area (Å²) in [7, 11) is 0. The van der Waals surface area contributed by atoms with E-state index in [4.69, 9.17) is 9.15 Å². The molecule has 0 radical (unpaired) electrons. The fourth-order valence-electron chi connectivity index (χ4n) is 3.94. The first-order valence-electron chi connectivity index (χ1n) is 9.22. The molecule has 0 N–H and O–H groups in total. The van der Waals surface area contributed by atoms with E-state index >= 15 is 0 Å². The molecule has 0 aliphatic carbocycles. The van der Waals surface area contributed by atoms with E-state index in [-0.39, 0.29) is 12.0 Å². The minimum Gasteiger partial charge on any atom is -0.445 e. The standard InChI is InChI=1S/C20H24N2O3/c23-20(18-19(25-14-21-18)17-9-5-13-24-17)22-11-4-8-16(10-12-22)15-6-2-1-3-7-15/h1-3,6-7,14,16-17H,4-5,8-13H2. The zero-order valence-corrected chi connectivity index (χ0v) is 14.4. The van der Waals surface area contributed by atoms with Gasteiger partial charge < -0.3 is 14.1 Å². The van der Waals surface area contributed by atoms with Crippen molar-refractivity contribution in [1.29, 1.82) is 0 Å². The van der Waals surface area contributed by atoms with Gasteiger partial charge in [-0.25, -0.2) is 4.98 Å². The van der Waals surface area contributed by atoms with E-state index < -0.39 is 0 Å². The van der Waals surface area contributed by atoms with E-state index in [9.17, 15) is 4.79 Å². The van der Waals surface area contributed by atoms with Crippen molar-refractivity contribution in [3.63, 3.8) is 0 Å². The van der Waals surface area contributed by atoms with Crippen molar-refractivity contribution in [2.24, 2.45) is 0 Å². The van der Waals surface area contributed by atoms with E-state index in [0.717, 1.165) is 51.8 Å². The third-order valence-electron chi connectivity index (χ3n) is 5.31. The van der Waals surface area contributed by atoms with Crippen LogP contribution in [0.25, 0.3) is 0 Å². The molecule has 1 aromatic heterocycles. The lowest BCUT2D eigenvalue weighted by Gasteiger charge is -2.20. The number of oxazole rings is 1. The molecule has 2 fully saturated rings. The van der Waals surface area contributed by atoms with E-state index in [1.165, 1.54) is 12.0 Å². The molecule has 2 aromatic rings. The third-order valence-corrected chi connectivity index (χ3v) is 5.31. The molecule has 5 heteroatoms. The van der Waals surface area contributed by atoms with Gasteiger partial charge in [-0.2, -0.15) is 0 Å². The molecule has 5 nitrogen and oxygen atoms in total. The third kappa shape index (κ3) is 3.47. The molecule has 0 saturated carbocycles. The lowest BCUT2D eigenvalue weighted by atomic mass is 9.92. The molecule has 0 spiro atoms. The molecule has 132 valence electrons. The van der Waals surface area contributed by atoms with Crippen LogP contribution >= 0.6 is 0 Å². The molecule has 2 aliphatic rings. The van der Waals surface area contributed by atoms with Gasteiger partial charge in [0, 0.05) is 19.7 Å². The molecular formula is C20H24N2O3. The van der Waals surface area contributed by atoms with Crippen LogP contribution in [0.5, 0.6) is 0 Å². The molecular weight excluding hydrogens is 316 g/mol. The van der Waals surface area contributed by atoms with E-state index in [1.807, 2.05) is 11.0 Å². The van der Waals surface area contributed by atoms with Gasteiger partial charge in [-0.1, -0.05) is 30.3 Å². The highest BCUT2D eigenvalue weighted by molar-refractivity contribution is 5.93. The number of hydrogen-bond donors (Lipinski definition) is 0. The Bertz CT molecular complexity index is 707. The van der Waals surface area contributed by atoms with Gasteiger partial charge in [-0.05, 0) is 43.6 Å². The number of likely N-dealkylation sites (tertiary alicyclic amines) is 1. The van der Waals surface area contributed by atoms with Gasteiger partial charge >= 0.3 is 0 Å². The zero-order valence-electron chi connectivity index (χ0n) is 14.4. The monoisotopic (exact) mass is 340 g/mol. The maximum absolute atomic E-state index is 13.0. The molecule has 3 heterocycles. The summed E-state index contributed by atoms with van der Waals surface area (Å²) in [5, 5.41) is 0. The second kappa shape index (κ2) is 7.40. The number of amides is 1. The molecule has 1 aromatic carbocycles. The second-order valence-electron chi connectivity index (χ2n) is 6.90. The SMILES string of the molecule is O=C(c1ncoc1C1CCCO1)N1CCCC(c2ccccc2)CC1. The Labute approximate surface area is 148 Å². The van der Waals surface area contributed by atoms with Crippen LogP contribution in [-0.4, -0.2) is 35.5 Å². The molecule has 2 aliphatic heterocycles. The molecule has 2 unspecified atom stereocenters. The first-order valence-corrected chi connectivity index (χ1v) is 9.22. The van der Waals surface area contributed by atoms with Gasteiger partial charge in [0.05, 0.1) is 0 Å². The summed E-state index contributed by atoms with van der Waals surface area (Å²) >= 11 is 0. The lowest BCUT2D eigenvalue weighted by Crippen LogP contribution is -2.33. The zero-order chi connectivity index (χ0) is 17.1. The van der Waals surface area contributed by atoms with Crippen molar-refractivity contribution >= 4 is 5.91 Å². The normalized spacial score (nSPS) is 24.2. The van der Waals surface area contributed by atoms with Crippen LogP contribution in [-0.2, 0) is 4.74 Å². The van der Waals surface area contributed by atoms with E-state index in [1.54, 1.807) is 0 Å². The van der Waals surface area contributed by atoms with Gasteiger partial charge in [0.15, 0.2) is 17.8 Å². The smallest absolute Gasteiger partial charge is 0.276 e. The molecule has 2 atom stereocenters. The van der Waals surface area contributed by atoms with E-state index in [0.29, 0.717) is 17.4 Å². The van der Waals surface area contributed by atoms with Crippen molar-refractivity contribution in [2.45, 2.75) is 44.1 Å². The Morgan fingerprint density at radius 2 is 1.96 bits per heavy atom. The van der Waals surface area contributed by atoms with Crippen molar-refractivity contribution < 1.29 is 13.9 Å². The maximum Gasteiger partial charge on any atom is 0.276 e. The number of benzene rings is 1. The van der Waals surface area contributed by atoms with Crippen LogP contribution in [0, 0.1) is 0 Å². The summed E-state index contributed by atoms with van der Waals surface area (Å²) in [6.07, 6.45) is 6.26. The topological polar surface area (TPSA) is 55.6 Å². The van der Waals surface area contributed by atoms with Crippen LogP contribution in [0.1, 0.15) is 65.9 Å². The Hall–Kier alpha value is -2.14. The number of rotatable bonds is 3. The fourth-order valence-corrected chi connectivity index (χ4v) is 3.94. The highest BCUT2D eigenvalue weighted by Gasteiger charge is 2.31. The minimum absolute atomic E-state index is 0.0204. The average molecular weight is 340 g/mol. The summed E-state index contributed by atoms with van der Waals surface area (Å²) in [5.74, 6) is 1.10. The fraction of sp³-hybridized carbons (Fsp3) is 0.500.